The van der Waals surface area contributed by atoms with E-state index in [2.05, 4.69) is 150 Å². The SMILES string of the molecule is CC1Cc2c(c3ccccc3n2-c2ccccc2)C=C1c1ccc2c(c1)c1ccccc1n2-c1ccccc1. The topological polar surface area (TPSA) is 9.86 Å². The quantitative estimate of drug-likeness (QED) is 0.229. The Hall–Kier alpha value is -4.82. The number of nitrogens with zero attached hydrogens (tertiary/aromatic N) is 2. The van der Waals surface area contributed by atoms with E-state index in [1.54, 1.807) is 0 Å². The van der Waals surface area contributed by atoms with Gasteiger partial charge < -0.3 is 9.13 Å². The predicted octanol–water partition coefficient (Wildman–Crippen LogP) is 9.46. The molecule has 8 rings (SSSR count). The summed E-state index contributed by atoms with van der Waals surface area (Å²) in [6.07, 6.45) is 3.47. The van der Waals surface area contributed by atoms with Crippen LogP contribution < -0.4 is 0 Å². The summed E-state index contributed by atoms with van der Waals surface area (Å²) in [7, 11) is 0. The number of fused-ring (bicyclic) bond motifs is 6. The fraction of sp³-hybridized carbons (Fsp3) is 0.0811. The van der Waals surface area contributed by atoms with Crippen molar-refractivity contribution in [1.82, 2.24) is 9.13 Å². The van der Waals surface area contributed by atoms with Gasteiger partial charge in [-0.05, 0) is 78.1 Å². The van der Waals surface area contributed by atoms with E-state index >= 15 is 0 Å². The predicted molar refractivity (Wildman–Crippen MR) is 165 cm³/mol. The average molecular weight is 501 g/mol. The molecule has 2 heteroatoms. The Morgan fingerprint density at radius 3 is 1.82 bits per heavy atom. The molecule has 39 heavy (non-hydrogen) atoms. The molecule has 0 bridgehead atoms. The fourth-order valence-electron chi connectivity index (χ4n) is 6.63. The normalized spacial score (nSPS) is 15.1. The zero-order chi connectivity index (χ0) is 25.9. The van der Waals surface area contributed by atoms with Crippen LogP contribution in [0.4, 0.5) is 0 Å². The molecule has 1 unspecified atom stereocenters. The molecule has 0 radical (unpaired) electrons. The first-order valence-corrected chi connectivity index (χ1v) is 13.8. The monoisotopic (exact) mass is 500 g/mol. The molecule has 0 N–H and O–H groups in total. The smallest absolute Gasteiger partial charge is 0.0541 e. The number of benzene rings is 5. The fourth-order valence-corrected chi connectivity index (χ4v) is 6.63. The summed E-state index contributed by atoms with van der Waals surface area (Å²) < 4.78 is 4.85. The Balaban J connectivity index is 1.35. The summed E-state index contributed by atoms with van der Waals surface area (Å²) in [6, 6.07) is 46.1. The highest BCUT2D eigenvalue weighted by Gasteiger charge is 2.26. The van der Waals surface area contributed by atoms with Gasteiger partial charge in [0, 0.05) is 38.8 Å². The average Bonchev–Trinajstić information content (AvgIpc) is 3.49. The highest BCUT2D eigenvalue weighted by molar-refractivity contribution is 6.10. The molecule has 1 aliphatic carbocycles. The van der Waals surface area contributed by atoms with E-state index in [1.807, 2.05) is 0 Å². The first-order chi connectivity index (χ1) is 19.3. The van der Waals surface area contributed by atoms with Gasteiger partial charge in [0.05, 0.1) is 16.6 Å². The number of hydrogen-bond donors (Lipinski definition) is 0. The Labute approximate surface area is 228 Å². The van der Waals surface area contributed by atoms with Crippen molar-refractivity contribution in [2.24, 2.45) is 5.92 Å². The largest absolute Gasteiger partial charge is 0.313 e. The summed E-state index contributed by atoms with van der Waals surface area (Å²) in [4.78, 5) is 0. The van der Waals surface area contributed by atoms with Crippen LogP contribution in [0.3, 0.4) is 0 Å². The summed E-state index contributed by atoms with van der Waals surface area (Å²) in [5.41, 5.74) is 11.7. The van der Waals surface area contributed by atoms with Crippen molar-refractivity contribution in [3.05, 3.63) is 144 Å². The van der Waals surface area contributed by atoms with Crippen LogP contribution >= 0.6 is 0 Å². The van der Waals surface area contributed by atoms with Crippen molar-refractivity contribution in [2.75, 3.05) is 0 Å². The van der Waals surface area contributed by atoms with Gasteiger partial charge in [-0.15, -0.1) is 0 Å². The van der Waals surface area contributed by atoms with Gasteiger partial charge in [0.2, 0.25) is 0 Å². The summed E-state index contributed by atoms with van der Waals surface area (Å²) in [5.74, 6) is 0.407. The van der Waals surface area contributed by atoms with Gasteiger partial charge in [-0.25, -0.2) is 0 Å². The molecule has 0 spiro atoms. The molecular formula is C37H28N2. The summed E-state index contributed by atoms with van der Waals surface area (Å²) in [5, 5.41) is 3.92. The van der Waals surface area contributed by atoms with Gasteiger partial charge in [0.1, 0.15) is 0 Å². The van der Waals surface area contributed by atoms with E-state index in [-0.39, 0.29) is 0 Å². The Morgan fingerprint density at radius 1 is 0.538 bits per heavy atom. The molecule has 1 atom stereocenters. The third kappa shape index (κ3) is 3.35. The van der Waals surface area contributed by atoms with Gasteiger partial charge in [-0.3, -0.25) is 0 Å². The van der Waals surface area contributed by atoms with Gasteiger partial charge in [0.25, 0.3) is 0 Å². The molecule has 0 fully saturated rings. The lowest BCUT2D eigenvalue weighted by Gasteiger charge is -2.24. The second-order valence-electron chi connectivity index (χ2n) is 10.7. The van der Waals surface area contributed by atoms with Crippen LogP contribution in [0.1, 0.15) is 23.7 Å². The van der Waals surface area contributed by atoms with Gasteiger partial charge >= 0.3 is 0 Å². The van der Waals surface area contributed by atoms with Crippen molar-refractivity contribution < 1.29 is 0 Å². The maximum atomic E-state index is 2.46. The van der Waals surface area contributed by atoms with Crippen molar-refractivity contribution in [2.45, 2.75) is 13.3 Å². The standard InChI is InChI=1S/C37H28N2/c1-25-22-37-33(30-17-9-11-19-35(30)39(37)28-14-6-3-7-15-28)24-31(25)26-20-21-36-32(23-26)29-16-8-10-18-34(29)38(36)27-12-4-2-5-13-27/h2-21,23-25H,22H2,1H3. The highest BCUT2D eigenvalue weighted by Crippen LogP contribution is 2.42. The molecule has 7 aromatic rings. The van der Waals surface area contributed by atoms with Crippen molar-refractivity contribution in [3.63, 3.8) is 0 Å². The molecule has 2 heterocycles. The molecule has 0 amide bonds. The zero-order valence-electron chi connectivity index (χ0n) is 21.9. The molecule has 186 valence electrons. The van der Waals surface area contributed by atoms with Gasteiger partial charge in [-0.1, -0.05) is 85.8 Å². The Bertz CT molecular complexity index is 2040. The molecule has 1 aliphatic rings. The van der Waals surface area contributed by atoms with E-state index in [9.17, 15) is 0 Å². The molecule has 2 aromatic heterocycles. The van der Waals surface area contributed by atoms with Crippen LogP contribution in [-0.4, -0.2) is 9.13 Å². The van der Waals surface area contributed by atoms with E-state index < -0.39 is 0 Å². The number of allylic oxidation sites excluding steroid dienone is 1. The van der Waals surface area contributed by atoms with Gasteiger partial charge in [-0.2, -0.15) is 0 Å². The molecule has 0 aliphatic heterocycles. The minimum Gasteiger partial charge on any atom is -0.313 e. The van der Waals surface area contributed by atoms with Crippen LogP contribution in [0.5, 0.6) is 0 Å². The van der Waals surface area contributed by atoms with E-state index in [1.165, 1.54) is 66.5 Å². The second-order valence-corrected chi connectivity index (χ2v) is 10.7. The van der Waals surface area contributed by atoms with Crippen LogP contribution in [-0.2, 0) is 6.42 Å². The van der Waals surface area contributed by atoms with Gasteiger partial charge in [0.15, 0.2) is 0 Å². The number of rotatable bonds is 3. The summed E-state index contributed by atoms with van der Waals surface area (Å²) >= 11 is 0. The molecular weight excluding hydrogens is 472 g/mol. The summed E-state index contributed by atoms with van der Waals surface area (Å²) in [6.45, 7) is 2.37. The zero-order valence-corrected chi connectivity index (χ0v) is 21.9. The van der Waals surface area contributed by atoms with Crippen LogP contribution in [0, 0.1) is 5.92 Å². The third-order valence-electron chi connectivity index (χ3n) is 8.38. The first-order valence-electron chi connectivity index (χ1n) is 13.8. The van der Waals surface area contributed by atoms with Crippen molar-refractivity contribution in [1.29, 1.82) is 0 Å². The van der Waals surface area contributed by atoms with E-state index in [0.29, 0.717) is 5.92 Å². The van der Waals surface area contributed by atoms with E-state index in [4.69, 9.17) is 0 Å². The first kappa shape index (κ1) is 22.2. The third-order valence-corrected chi connectivity index (χ3v) is 8.38. The number of hydrogen-bond acceptors (Lipinski definition) is 0. The highest BCUT2D eigenvalue weighted by atomic mass is 15.0. The lowest BCUT2D eigenvalue weighted by atomic mass is 9.83. The lowest BCUT2D eigenvalue weighted by Crippen LogP contribution is -2.12. The Kier molecular flexibility index (Phi) is 4.90. The van der Waals surface area contributed by atoms with Crippen molar-refractivity contribution in [3.8, 4) is 11.4 Å². The molecule has 0 saturated heterocycles. The minimum absolute atomic E-state index is 0.407. The van der Waals surface area contributed by atoms with E-state index in [0.717, 1.165) is 6.42 Å². The second kappa shape index (κ2) is 8.61. The molecule has 0 saturated carbocycles. The maximum Gasteiger partial charge on any atom is 0.0541 e. The lowest BCUT2D eigenvalue weighted by molar-refractivity contribution is 0.708. The molecule has 5 aromatic carbocycles. The van der Waals surface area contributed by atoms with Crippen LogP contribution in [0.15, 0.2) is 127 Å². The minimum atomic E-state index is 0.407. The van der Waals surface area contributed by atoms with Crippen LogP contribution in [0.2, 0.25) is 0 Å². The van der Waals surface area contributed by atoms with Crippen LogP contribution in [0.25, 0.3) is 55.7 Å². The number of aromatic nitrogens is 2. The Morgan fingerprint density at radius 2 is 1.10 bits per heavy atom. The molecule has 2 nitrogen and oxygen atoms in total. The maximum absolute atomic E-state index is 2.46. The number of para-hydroxylation sites is 4. The van der Waals surface area contributed by atoms with Crippen molar-refractivity contribution >= 4 is 44.4 Å².